The van der Waals surface area contributed by atoms with Gasteiger partial charge in [-0.25, -0.2) is 0 Å². The molecule has 0 aliphatic heterocycles. The second-order valence-corrected chi connectivity index (χ2v) is 6.60. The number of nitrogens with one attached hydrogen (secondary N) is 1. The molecule has 2 heterocycles. The van der Waals surface area contributed by atoms with E-state index in [-0.39, 0.29) is 12.3 Å². The van der Waals surface area contributed by atoms with Crippen molar-refractivity contribution in [1.82, 2.24) is 10.2 Å². The summed E-state index contributed by atoms with van der Waals surface area (Å²) in [5, 5.41) is 13.1. The van der Waals surface area contributed by atoms with Crippen molar-refractivity contribution in [2.75, 3.05) is 12.4 Å². The Balaban J connectivity index is 1.47. The van der Waals surface area contributed by atoms with E-state index in [4.69, 9.17) is 9.15 Å². The molecule has 0 bridgehead atoms. The number of aromatic nitrogens is 2. The molecule has 0 atom stereocenters. The van der Waals surface area contributed by atoms with Crippen LogP contribution in [-0.4, -0.2) is 23.2 Å². The smallest absolute Gasteiger partial charge is 0.230 e. The molecule has 1 amide bonds. The first kappa shape index (κ1) is 16.3. The third-order valence-electron chi connectivity index (χ3n) is 3.91. The van der Waals surface area contributed by atoms with E-state index in [0.717, 1.165) is 21.5 Å². The molecule has 0 unspecified atom stereocenters. The predicted molar refractivity (Wildman–Crippen MR) is 100 cm³/mol. The largest absolute Gasteiger partial charge is 0.497 e. The van der Waals surface area contributed by atoms with Gasteiger partial charge < -0.3 is 14.5 Å². The number of carbonyl (C=O) groups is 1. The van der Waals surface area contributed by atoms with Crippen LogP contribution in [0.25, 0.3) is 21.5 Å². The number of nitrogens with zero attached hydrogens (tertiary/aromatic N) is 2. The van der Waals surface area contributed by atoms with Crippen molar-refractivity contribution in [2.24, 2.45) is 0 Å². The highest BCUT2D eigenvalue weighted by Gasteiger charge is 2.14. The summed E-state index contributed by atoms with van der Waals surface area (Å²) in [6.45, 7) is 0. The summed E-state index contributed by atoms with van der Waals surface area (Å²) in [4.78, 5) is 12.4. The van der Waals surface area contributed by atoms with E-state index in [1.54, 1.807) is 19.4 Å². The number of benzene rings is 2. The Morgan fingerprint density at radius 2 is 2.04 bits per heavy atom. The van der Waals surface area contributed by atoms with Gasteiger partial charge in [-0.3, -0.25) is 4.79 Å². The SMILES string of the molecule is COc1ccc2c(CC(=O)Nc3nnc(-c4ccccc4)s3)coc2c1. The Morgan fingerprint density at radius 1 is 1.19 bits per heavy atom. The highest BCUT2D eigenvalue weighted by atomic mass is 32.1. The number of furan rings is 1. The summed E-state index contributed by atoms with van der Waals surface area (Å²) in [6, 6.07) is 15.3. The van der Waals surface area contributed by atoms with Gasteiger partial charge in [-0.1, -0.05) is 41.7 Å². The number of fused-ring (bicyclic) bond motifs is 1. The molecule has 0 radical (unpaired) electrons. The average Bonchev–Trinajstić information content (AvgIpc) is 3.29. The Labute approximate surface area is 153 Å². The molecule has 4 aromatic rings. The summed E-state index contributed by atoms with van der Waals surface area (Å²) >= 11 is 1.34. The molecule has 2 aromatic carbocycles. The lowest BCUT2D eigenvalue weighted by molar-refractivity contribution is -0.115. The average molecular weight is 365 g/mol. The maximum Gasteiger partial charge on any atom is 0.230 e. The number of anilines is 1. The summed E-state index contributed by atoms with van der Waals surface area (Å²) in [7, 11) is 1.60. The number of methoxy groups -OCH3 is 1. The zero-order chi connectivity index (χ0) is 17.9. The lowest BCUT2D eigenvalue weighted by Crippen LogP contribution is -2.13. The molecular formula is C19H15N3O3S. The number of ether oxygens (including phenoxy) is 1. The molecular weight excluding hydrogens is 350 g/mol. The van der Waals surface area contributed by atoms with Crippen molar-refractivity contribution in [1.29, 1.82) is 0 Å². The van der Waals surface area contributed by atoms with Crippen molar-refractivity contribution >= 4 is 33.3 Å². The summed E-state index contributed by atoms with van der Waals surface area (Å²) < 4.78 is 10.7. The number of amides is 1. The summed E-state index contributed by atoms with van der Waals surface area (Å²) in [5.41, 5.74) is 2.47. The third kappa shape index (κ3) is 3.29. The monoisotopic (exact) mass is 365 g/mol. The summed E-state index contributed by atoms with van der Waals surface area (Å²) in [6.07, 6.45) is 1.79. The van der Waals surface area contributed by atoms with Gasteiger partial charge in [0.1, 0.15) is 16.3 Å². The van der Waals surface area contributed by atoms with Gasteiger partial charge in [0.25, 0.3) is 0 Å². The summed E-state index contributed by atoms with van der Waals surface area (Å²) in [5.74, 6) is 0.546. The normalized spacial score (nSPS) is 10.8. The maximum atomic E-state index is 12.4. The number of hydrogen-bond acceptors (Lipinski definition) is 6. The maximum absolute atomic E-state index is 12.4. The van der Waals surface area contributed by atoms with Crippen LogP contribution < -0.4 is 10.1 Å². The van der Waals surface area contributed by atoms with Gasteiger partial charge in [0, 0.05) is 22.6 Å². The fourth-order valence-electron chi connectivity index (χ4n) is 2.63. The highest BCUT2D eigenvalue weighted by molar-refractivity contribution is 7.18. The van der Waals surface area contributed by atoms with Gasteiger partial charge >= 0.3 is 0 Å². The van der Waals surface area contributed by atoms with E-state index in [9.17, 15) is 4.79 Å². The van der Waals surface area contributed by atoms with Crippen LogP contribution in [0.4, 0.5) is 5.13 Å². The first-order chi connectivity index (χ1) is 12.7. The molecule has 0 aliphatic carbocycles. The molecule has 2 aromatic heterocycles. The van der Waals surface area contributed by atoms with Gasteiger partial charge in [-0.2, -0.15) is 0 Å². The van der Waals surface area contributed by atoms with Gasteiger partial charge in [0.2, 0.25) is 11.0 Å². The van der Waals surface area contributed by atoms with Crippen LogP contribution >= 0.6 is 11.3 Å². The molecule has 26 heavy (non-hydrogen) atoms. The molecule has 0 fully saturated rings. The van der Waals surface area contributed by atoms with E-state index in [1.165, 1.54) is 11.3 Å². The molecule has 4 rings (SSSR count). The third-order valence-corrected chi connectivity index (χ3v) is 4.79. The number of rotatable bonds is 5. The van der Waals surface area contributed by atoms with Crippen LogP contribution in [0, 0.1) is 0 Å². The van der Waals surface area contributed by atoms with E-state index in [0.29, 0.717) is 16.5 Å². The fourth-order valence-corrected chi connectivity index (χ4v) is 3.40. The minimum Gasteiger partial charge on any atom is -0.497 e. The quantitative estimate of drug-likeness (QED) is 0.575. The van der Waals surface area contributed by atoms with Crippen molar-refractivity contribution < 1.29 is 13.9 Å². The van der Waals surface area contributed by atoms with Gasteiger partial charge in [0.15, 0.2) is 0 Å². The Bertz CT molecular complexity index is 1060. The van der Waals surface area contributed by atoms with Crippen molar-refractivity contribution in [3.63, 3.8) is 0 Å². The fraction of sp³-hybridized carbons (Fsp3) is 0.105. The van der Waals surface area contributed by atoms with E-state index in [2.05, 4.69) is 15.5 Å². The van der Waals surface area contributed by atoms with Crippen molar-refractivity contribution in [2.45, 2.75) is 6.42 Å². The lowest BCUT2D eigenvalue weighted by Gasteiger charge is -2.01. The Hall–Kier alpha value is -3.19. The van der Waals surface area contributed by atoms with Crippen LogP contribution in [0.1, 0.15) is 5.56 Å². The molecule has 130 valence electrons. The van der Waals surface area contributed by atoms with Crippen LogP contribution in [0.2, 0.25) is 0 Å². The van der Waals surface area contributed by atoms with Crippen LogP contribution in [0.15, 0.2) is 59.2 Å². The first-order valence-electron chi connectivity index (χ1n) is 7.96. The molecule has 0 aliphatic rings. The molecule has 0 spiro atoms. The molecule has 1 N–H and O–H groups in total. The molecule has 0 saturated heterocycles. The van der Waals surface area contributed by atoms with Gasteiger partial charge in [-0.05, 0) is 12.1 Å². The topological polar surface area (TPSA) is 77.2 Å². The predicted octanol–water partition coefficient (Wildman–Crippen LogP) is 4.14. The van der Waals surface area contributed by atoms with Gasteiger partial charge in [0.05, 0.1) is 19.8 Å². The number of carbonyl (C=O) groups excluding carboxylic acids is 1. The standard InChI is InChI=1S/C19H15N3O3S/c1-24-14-7-8-15-13(11-25-16(15)10-14)9-17(23)20-19-22-21-18(26-19)12-5-3-2-4-6-12/h2-8,10-11H,9H2,1H3,(H,20,22,23). The van der Waals surface area contributed by atoms with Crippen molar-refractivity contribution in [3.8, 4) is 16.3 Å². The molecule has 0 saturated carbocycles. The second kappa shape index (κ2) is 6.97. The highest BCUT2D eigenvalue weighted by Crippen LogP contribution is 2.28. The van der Waals surface area contributed by atoms with Gasteiger partial charge in [-0.15, -0.1) is 10.2 Å². The minimum atomic E-state index is -0.167. The van der Waals surface area contributed by atoms with E-state index < -0.39 is 0 Å². The lowest BCUT2D eigenvalue weighted by atomic mass is 10.1. The number of hydrogen-bond donors (Lipinski definition) is 1. The van der Waals surface area contributed by atoms with E-state index in [1.807, 2.05) is 42.5 Å². The van der Waals surface area contributed by atoms with Crippen LogP contribution in [0.3, 0.4) is 0 Å². The second-order valence-electron chi connectivity index (χ2n) is 5.63. The Morgan fingerprint density at radius 3 is 2.85 bits per heavy atom. The van der Waals surface area contributed by atoms with Crippen LogP contribution in [0.5, 0.6) is 5.75 Å². The first-order valence-corrected chi connectivity index (χ1v) is 8.77. The van der Waals surface area contributed by atoms with Crippen LogP contribution in [-0.2, 0) is 11.2 Å². The molecule has 7 heteroatoms. The molecule has 6 nitrogen and oxygen atoms in total. The van der Waals surface area contributed by atoms with E-state index >= 15 is 0 Å². The van der Waals surface area contributed by atoms with Crippen molar-refractivity contribution in [3.05, 3.63) is 60.4 Å². The minimum absolute atomic E-state index is 0.167. The zero-order valence-electron chi connectivity index (χ0n) is 13.9. The Kier molecular flexibility index (Phi) is 4.37. The zero-order valence-corrected chi connectivity index (χ0v) is 14.7.